The number of pyridine rings is 2. The van der Waals surface area contributed by atoms with Crippen LogP contribution in [0.25, 0.3) is 43.5 Å². The zero-order valence-corrected chi connectivity index (χ0v) is 48.1. The molecule has 0 atom stereocenters. The molecular weight excluding hydrogens is 1100 g/mol. The van der Waals surface area contributed by atoms with Gasteiger partial charge >= 0.3 is 19.1 Å². The first kappa shape index (κ1) is 56.2. The molecule has 7 heterocycles. The number of rotatable bonds is 8. The highest BCUT2D eigenvalue weighted by Gasteiger charge is 2.52. The van der Waals surface area contributed by atoms with Crippen molar-refractivity contribution >= 4 is 107 Å². The summed E-state index contributed by atoms with van der Waals surface area (Å²) in [5.74, 6) is -1.12. The zero-order chi connectivity index (χ0) is 55.6. The van der Waals surface area contributed by atoms with Crippen LogP contribution in [0.3, 0.4) is 0 Å². The van der Waals surface area contributed by atoms with Gasteiger partial charge in [0.15, 0.2) is 11.3 Å². The Kier molecular flexibility index (Phi) is 16.9. The molecule has 0 radical (unpaired) electrons. The third kappa shape index (κ3) is 12.0. The molecule has 2 saturated carbocycles. The number of nitrogens with zero attached hydrogens (tertiary/aromatic N) is 4. The lowest BCUT2D eigenvalue weighted by atomic mass is 9.86. The van der Waals surface area contributed by atoms with E-state index in [1.54, 1.807) is 71.5 Å². The van der Waals surface area contributed by atoms with Gasteiger partial charge in [0.1, 0.15) is 0 Å². The summed E-state index contributed by atoms with van der Waals surface area (Å²) in [4.78, 5) is 88.5. The minimum absolute atomic E-state index is 0.0215. The van der Waals surface area contributed by atoms with E-state index in [2.05, 4.69) is 96.3 Å². The lowest BCUT2D eigenvalue weighted by Gasteiger charge is -2.32. The molecule has 1 aliphatic heterocycles. The number of methoxy groups -OCH3 is 2. The van der Waals surface area contributed by atoms with Gasteiger partial charge < -0.3 is 29.4 Å². The minimum atomic E-state index is -0.270. The van der Waals surface area contributed by atoms with Crippen molar-refractivity contribution in [1.82, 2.24) is 29.4 Å². The van der Waals surface area contributed by atoms with Crippen LogP contribution >= 0.6 is 38.6 Å². The Labute approximate surface area is 468 Å². The number of hydrogen-bond donors (Lipinski definition) is 2. The normalized spacial score (nSPS) is 19.6. The molecule has 0 bridgehead atoms. The summed E-state index contributed by atoms with van der Waals surface area (Å²) in [7, 11) is 2.60. The number of thiophene rings is 2. The first-order valence-electron chi connectivity index (χ1n) is 26.1. The quantitative estimate of drug-likeness (QED) is 0.0831. The number of halogens is 1. The maximum atomic E-state index is 13.3. The van der Waals surface area contributed by atoms with E-state index in [0.717, 1.165) is 19.7 Å². The number of benzene rings is 2. The minimum Gasteiger partial charge on any atom is -0.469 e. The average molecular weight is 1160 g/mol. The summed E-state index contributed by atoms with van der Waals surface area (Å²) in [6.07, 6.45) is 8.82. The van der Waals surface area contributed by atoms with Crippen molar-refractivity contribution in [3.63, 3.8) is 0 Å². The third-order valence-electron chi connectivity index (χ3n) is 15.2. The Balaban J connectivity index is 0.000000152. The lowest BCUT2D eigenvalue weighted by Crippen LogP contribution is -2.41. The number of hydrogen-bond acceptors (Lipinski definition) is 14. The van der Waals surface area contributed by atoms with Crippen LogP contribution in [-0.4, -0.2) is 87.1 Å². The number of aryl methyl sites for hydroxylation is 2. The molecule has 20 heteroatoms. The molecule has 8 aromatic rings. The molecule has 2 N–H and O–H groups in total. The van der Waals surface area contributed by atoms with Gasteiger partial charge in [0.05, 0.1) is 70.2 Å². The average Bonchev–Trinajstić information content (AvgIpc) is 4.20. The smallest absolute Gasteiger partial charge is 0.469 e. The number of carbonyl (C=O) groups is 4. The summed E-state index contributed by atoms with van der Waals surface area (Å²) >= 11 is 6.79. The van der Waals surface area contributed by atoms with Gasteiger partial charge in [-0.1, -0.05) is 28.1 Å². The lowest BCUT2D eigenvalue weighted by molar-refractivity contribution is -0.147. The molecule has 0 spiro atoms. The SMILES string of the molecule is COC(=O)C1CCC(NC(=O)c2cccn3c(=O)c4cc(-c5ccc(C)s5)ccc4nc23)CC1.COC(=O)C1CCC(NC(=O)c2cccn3c(=O)c4cc(Br)ccc4nc23)CC1.Cc1ccc(B2OC(C)(C)C(C)(C)O2)s1. The van der Waals surface area contributed by atoms with Crippen LogP contribution in [-0.2, 0) is 28.4 Å². The van der Waals surface area contributed by atoms with E-state index in [0.29, 0.717) is 95.6 Å². The number of esters is 2. The summed E-state index contributed by atoms with van der Waals surface area (Å²) in [6, 6.07) is 25.9. The van der Waals surface area contributed by atoms with Crippen molar-refractivity contribution in [2.24, 2.45) is 11.8 Å². The molecule has 2 amide bonds. The van der Waals surface area contributed by atoms with Crippen LogP contribution < -0.4 is 26.5 Å². The molecule has 3 fully saturated rings. The molecule has 78 heavy (non-hydrogen) atoms. The van der Waals surface area contributed by atoms with E-state index in [9.17, 15) is 28.8 Å². The number of nitrogens with one attached hydrogen (secondary N) is 2. The van der Waals surface area contributed by atoms with E-state index >= 15 is 0 Å². The summed E-state index contributed by atoms with van der Waals surface area (Å²) < 4.78 is 26.3. The second-order valence-electron chi connectivity index (χ2n) is 21.0. The monoisotopic (exact) mass is 1160 g/mol. The zero-order valence-electron chi connectivity index (χ0n) is 44.8. The first-order chi connectivity index (χ1) is 37.2. The van der Waals surface area contributed by atoms with Crippen molar-refractivity contribution in [2.45, 2.75) is 116 Å². The molecule has 6 aromatic heterocycles. The van der Waals surface area contributed by atoms with Gasteiger partial charge in [0.25, 0.3) is 22.9 Å². The number of aromatic nitrogens is 4. The van der Waals surface area contributed by atoms with Crippen LogP contribution in [0.5, 0.6) is 0 Å². The van der Waals surface area contributed by atoms with E-state index in [1.165, 1.54) is 32.8 Å². The Bertz CT molecular complexity index is 3690. The van der Waals surface area contributed by atoms with Crippen molar-refractivity contribution in [3.8, 4) is 10.4 Å². The summed E-state index contributed by atoms with van der Waals surface area (Å²) in [6.45, 7) is 12.5. The first-order valence-corrected chi connectivity index (χ1v) is 28.5. The molecule has 2 aromatic carbocycles. The fraction of sp³-hybridized carbons (Fsp3) is 0.379. The Morgan fingerprint density at radius 3 is 1.54 bits per heavy atom. The third-order valence-corrected chi connectivity index (χ3v) is 17.8. The maximum Gasteiger partial charge on any atom is 0.505 e. The molecule has 406 valence electrons. The van der Waals surface area contributed by atoms with E-state index in [4.69, 9.17) is 18.8 Å². The second-order valence-corrected chi connectivity index (χ2v) is 24.5. The van der Waals surface area contributed by atoms with Gasteiger partial charge in [-0.05, 0) is 171 Å². The highest BCUT2D eigenvalue weighted by atomic mass is 79.9. The molecule has 16 nitrogen and oxygen atoms in total. The van der Waals surface area contributed by atoms with Gasteiger partial charge in [-0.15, -0.1) is 22.7 Å². The van der Waals surface area contributed by atoms with Crippen molar-refractivity contribution in [1.29, 1.82) is 0 Å². The van der Waals surface area contributed by atoms with Gasteiger partial charge in [0.2, 0.25) is 0 Å². The Morgan fingerprint density at radius 1 is 0.628 bits per heavy atom. The van der Waals surface area contributed by atoms with Gasteiger partial charge in [0, 0.05) is 48.4 Å². The Hall–Kier alpha value is -6.58. The predicted molar refractivity (Wildman–Crippen MR) is 309 cm³/mol. The molecule has 0 unspecified atom stereocenters. The van der Waals surface area contributed by atoms with E-state index < -0.39 is 0 Å². The van der Waals surface area contributed by atoms with Crippen LogP contribution in [0.2, 0.25) is 0 Å². The number of fused-ring (bicyclic) bond motifs is 4. The fourth-order valence-electron chi connectivity index (χ4n) is 10.1. The maximum absolute atomic E-state index is 13.3. The topological polar surface area (TPSA) is 198 Å². The predicted octanol–water partition coefficient (Wildman–Crippen LogP) is 9.77. The number of ether oxygens (including phenoxy) is 2. The van der Waals surface area contributed by atoms with Crippen molar-refractivity contribution in [2.75, 3.05) is 14.2 Å². The van der Waals surface area contributed by atoms with E-state index in [1.807, 2.05) is 30.3 Å². The van der Waals surface area contributed by atoms with Gasteiger partial charge in [-0.25, -0.2) is 9.97 Å². The highest BCUT2D eigenvalue weighted by Crippen LogP contribution is 2.37. The number of amides is 2. The molecule has 11 rings (SSSR count). The van der Waals surface area contributed by atoms with Gasteiger partial charge in [-0.2, -0.15) is 0 Å². The van der Waals surface area contributed by atoms with Gasteiger partial charge in [-0.3, -0.25) is 37.6 Å². The molecule has 1 saturated heterocycles. The molecule has 2 aliphatic carbocycles. The number of carbonyl (C=O) groups excluding carboxylic acids is 4. The highest BCUT2D eigenvalue weighted by molar-refractivity contribution is 9.10. The fourth-order valence-corrected chi connectivity index (χ4v) is 12.1. The summed E-state index contributed by atoms with van der Waals surface area (Å²) in [5.41, 5.74) is 2.53. The summed E-state index contributed by atoms with van der Waals surface area (Å²) in [5, 5.41) is 7.08. The van der Waals surface area contributed by atoms with Crippen LogP contribution in [0.4, 0.5) is 0 Å². The second kappa shape index (κ2) is 23.4. The van der Waals surface area contributed by atoms with Crippen LogP contribution in [0, 0.1) is 25.7 Å². The molecular formula is C58H62BBrN6O10S2. The van der Waals surface area contributed by atoms with Crippen molar-refractivity contribution in [3.05, 3.63) is 143 Å². The molecule has 3 aliphatic rings. The van der Waals surface area contributed by atoms with E-state index in [-0.39, 0.29) is 77.1 Å². The van der Waals surface area contributed by atoms with Crippen LogP contribution in [0.1, 0.15) is 110 Å². The Morgan fingerprint density at radius 2 is 1.09 bits per heavy atom. The standard InChI is InChI=1S/C26H25N3O4S.C21H20BrN3O4.C11H17BO2S/c1-15-5-12-22(34-15)17-8-11-21-20(14-17)25(31)29-13-3-4-19(23(29)28-21)24(30)27-18-9-6-16(7-10-18)26(32)33-2;1-29-21(28)12-4-7-14(8-5-12)23-19(26)15-3-2-10-25-18(15)24-17-9-6-13(22)11-16(17)20(25)27;1-8-6-7-9(15-8)12-13-10(2,3)11(4,5)14-12/h3-5,8,11-14,16,18H,6-7,9-10H2,1-2H3,(H,27,30);2-3,6,9-12,14H,4-5,7-8H2,1H3,(H,23,26);6-7H,1-5H3. The largest absolute Gasteiger partial charge is 0.505 e. The van der Waals surface area contributed by atoms with Crippen LogP contribution in [0.15, 0.2) is 111 Å². The van der Waals surface area contributed by atoms with Crippen molar-refractivity contribution < 1.29 is 38.0 Å².